The number of nitrogens with two attached hydrogens (primary N) is 1. The van der Waals surface area contributed by atoms with E-state index in [0.29, 0.717) is 22.7 Å². The zero-order valence-electron chi connectivity index (χ0n) is 15.3. The summed E-state index contributed by atoms with van der Waals surface area (Å²) in [6.07, 6.45) is 0.145. The third-order valence-corrected chi connectivity index (χ3v) is 3.67. The van der Waals surface area contributed by atoms with Crippen LogP contribution in [0.1, 0.15) is 30.6 Å². The average molecular weight is 369 g/mol. The third-order valence-electron chi connectivity index (χ3n) is 3.67. The van der Waals surface area contributed by atoms with Gasteiger partial charge in [-0.15, -0.1) is 0 Å². The highest BCUT2D eigenvalue weighted by atomic mass is 16.5. The van der Waals surface area contributed by atoms with Gasteiger partial charge in [-0.3, -0.25) is 14.4 Å². The molecule has 0 radical (unpaired) electrons. The smallest absolute Gasteiger partial charge is 0.255 e. The first-order chi connectivity index (χ1) is 12.8. The molecule has 0 aliphatic carbocycles. The van der Waals surface area contributed by atoms with Crippen LogP contribution in [0.5, 0.6) is 5.75 Å². The Hall–Kier alpha value is -3.35. The van der Waals surface area contributed by atoms with E-state index < -0.39 is 5.91 Å². The van der Waals surface area contributed by atoms with Crippen molar-refractivity contribution in [3.8, 4) is 5.75 Å². The van der Waals surface area contributed by atoms with Crippen LogP contribution in [-0.2, 0) is 9.59 Å². The molecule has 0 saturated carbocycles. The molecular formula is C20H23N3O4. The van der Waals surface area contributed by atoms with Gasteiger partial charge in [-0.2, -0.15) is 0 Å². The lowest BCUT2D eigenvalue weighted by Gasteiger charge is -2.10. The number of ether oxygens (including phenoxy) is 1. The highest BCUT2D eigenvalue weighted by Gasteiger charge is 2.09. The lowest BCUT2D eigenvalue weighted by Crippen LogP contribution is -2.18. The predicted octanol–water partition coefficient (Wildman–Crippen LogP) is 2.79. The van der Waals surface area contributed by atoms with Gasteiger partial charge in [-0.25, -0.2) is 0 Å². The topological polar surface area (TPSA) is 111 Å². The summed E-state index contributed by atoms with van der Waals surface area (Å²) in [5.41, 5.74) is 6.77. The van der Waals surface area contributed by atoms with Crippen molar-refractivity contribution in [2.45, 2.75) is 20.3 Å². The fourth-order valence-electron chi connectivity index (χ4n) is 2.10. The molecular weight excluding hydrogens is 346 g/mol. The molecule has 0 aliphatic rings. The van der Waals surface area contributed by atoms with Crippen LogP contribution in [0.2, 0.25) is 0 Å². The molecule has 2 rings (SSSR count). The van der Waals surface area contributed by atoms with Crippen molar-refractivity contribution in [1.29, 1.82) is 0 Å². The predicted molar refractivity (Wildman–Crippen MR) is 104 cm³/mol. The van der Waals surface area contributed by atoms with Crippen molar-refractivity contribution in [1.82, 2.24) is 0 Å². The van der Waals surface area contributed by atoms with E-state index in [0.717, 1.165) is 0 Å². The second kappa shape index (κ2) is 9.38. The van der Waals surface area contributed by atoms with Gasteiger partial charge in [0.05, 0.1) is 13.0 Å². The average Bonchev–Trinajstić information content (AvgIpc) is 2.63. The van der Waals surface area contributed by atoms with Crippen molar-refractivity contribution < 1.29 is 19.1 Å². The van der Waals surface area contributed by atoms with Gasteiger partial charge in [0.2, 0.25) is 11.8 Å². The van der Waals surface area contributed by atoms with E-state index in [1.54, 1.807) is 48.5 Å². The molecule has 3 amide bonds. The summed E-state index contributed by atoms with van der Waals surface area (Å²) in [6, 6.07) is 13.5. The Morgan fingerprint density at radius 2 is 1.48 bits per heavy atom. The first kappa shape index (κ1) is 20.0. The summed E-state index contributed by atoms with van der Waals surface area (Å²) < 4.78 is 5.37. The van der Waals surface area contributed by atoms with Crippen molar-refractivity contribution in [3.63, 3.8) is 0 Å². The van der Waals surface area contributed by atoms with E-state index in [9.17, 15) is 14.4 Å². The van der Waals surface area contributed by atoms with Crippen LogP contribution in [-0.4, -0.2) is 24.3 Å². The maximum Gasteiger partial charge on any atom is 0.255 e. The third kappa shape index (κ3) is 6.47. The van der Waals surface area contributed by atoms with Gasteiger partial charge >= 0.3 is 0 Å². The number of rotatable bonds is 8. The van der Waals surface area contributed by atoms with Gasteiger partial charge in [0.15, 0.2) is 0 Å². The normalized spacial score (nSPS) is 10.3. The molecule has 7 nitrogen and oxygen atoms in total. The SMILES string of the molecule is CC(C)C(=O)Nc1ccc(C(=O)Nc2ccc(OCCC(N)=O)cc2)cc1. The second-order valence-electron chi connectivity index (χ2n) is 6.26. The van der Waals surface area contributed by atoms with Crippen LogP contribution in [0.25, 0.3) is 0 Å². The Kier molecular flexibility index (Phi) is 6.93. The number of primary amides is 1. The molecule has 0 fully saturated rings. The lowest BCUT2D eigenvalue weighted by atomic mass is 10.1. The molecule has 0 aromatic heterocycles. The number of carbonyl (C=O) groups excluding carboxylic acids is 3. The molecule has 27 heavy (non-hydrogen) atoms. The van der Waals surface area contributed by atoms with E-state index in [1.165, 1.54) is 0 Å². The van der Waals surface area contributed by atoms with Gasteiger partial charge in [0, 0.05) is 22.9 Å². The fraction of sp³-hybridized carbons (Fsp3) is 0.250. The van der Waals surface area contributed by atoms with Crippen LogP contribution in [0.4, 0.5) is 11.4 Å². The Bertz CT molecular complexity index is 799. The van der Waals surface area contributed by atoms with Crippen LogP contribution >= 0.6 is 0 Å². The Morgan fingerprint density at radius 1 is 0.926 bits per heavy atom. The van der Waals surface area contributed by atoms with Gasteiger partial charge in [-0.1, -0.05) is 13.8 Å². The maximum atomic E-state index is 12.3. The van der Waals surface area contributed by atoms with E-state index >= 15 is 0 Å². The number of hydrogen-bond acceptors (Lipinski definition) is 4. The molecule has 4 N–H and O–H groups in total. The highest BCUT2D eigenvalue weighted by molar-refractivity contribution is 6.04. The summed E-state index contributed by atoms with van der Waals surface area (Å²) in [5, 5.41) is 5.56. The molecule has 0 spiro atoms. The van der Waals surface area contributed by atoms with Crippen LogP contribution < -0.4 is 21.1 Å². The minimum atomic E-state index is -0.423. The number of nitrogens with one attached hydrogen (secondary N) is 2. The standard InChI is InChI=1S/C20H23N3O4/c1-13(2)19(25)22-15-5-3-14(4-6-15)20(26)23-16-7-9-17(10-8-16)27-12-11-18(21)24/h3-10,13H,11-12H2,1-2H3,(H2,21,24)(H,22,25)(H,23,26). The van der Waals surface area contributed by atoms with E-state index in [-0.39, 0.29) is 30.8 Å². The monoisotopic (exact) mass is 369 g/mol. The van der Waals surface area contributed by atoms with Crippen LogP contribution in [0.15, 0.2) is 48.5 Å². The summed E-state index contributed by atoms with van der Waals surface area (Å²) in [5.74, 6) is -0.298. The summed E-state index contributed by atoms with van der Waals surface area (Å²) in [6.45, 7) is 3.83. The lowest BCUT2D eigenvalue weighted by molar-refractivity contribution is -0.119. The summed E-state index contributed by atoms with van der Waals surface area (Å²) in [7, 11) is 0. The highest BCUT2D eigenvalue weighted by Crippen LogP contribution is 2.17. The quantitative estimate of drug-likeness (QED) is 0.664. The second-order valence-corrected chi connectivity index (χ2v) is 6.26. The summed E-state index contributed by atoms with van der Waals surface area (Å²) in [4.78, 5) is 34.7. The number of amides is 3. The molecule has 0 saturated heterocycles. The first-order valence-corrected chi connectivity index (χ1v) is 8.58. The number of carbonyl (C=O) groups is 3. The largest absolute Gasteiger partial charge is 0.493 e. The van der Waals surface area contributed by atoms with Gasteiger partial charge < -0.3 is 21.1 Å². The van der Waals surface area contributed by atoms with E-state index in [1.807, 2.05) is 13.8 Å². The molecule has 2 aromatic rings. The minimum absolute atomic E-state index is 0.0784. The fourth-order valence-corrected chi connectivity index (χ4v) is 2.10. The zero-order chi connectivity index (χ0) is 19.8. The molecule has 0 atom stereocenters. The van der Waals surface area contributed by atoms with Gasteiger partial charge in [-0.05, 0) is 48.5 Å². The maximum absolute atomic E-state index is 12.3. The van der Waals surface area contributed by atoms with Crippen LogP contribution in [0, 0.1) is 5.92 Å². The molecule has 0 unspecified atom stereocenters. The van der Waals surface area contributed by atoms with E-state index in [2.05, 4.69) is 10.6 Å². The van der Waals surface area contributed by atoms with Crippen molar-refractivity contribution in [2.75, 3.05) is 17.2 Å². The van der Waals surface area contributed by atoms with Crippen molar-refractivity contribution in [3.05, 3.63) is 54.1 Å². The number of hydrogen-bond donors (Lipinski definition) is 3. The Balaban J connectivity index is 1.90. The summed E-state index contributed by atoms with van der Waals surface area (Å²) >= 11 is 0. The van der Waals surface area contributed by atoms with Gasteiger partial charge in [0.1, 0.15) is 5.75 Å². The zero-order valence-corrected chi connectivity index (χ0v) is 15.3. The van der Waals surface area contributed by atoms with Crippen molar-refractivity contribution >= 4 is 29.1 Å². The number of anilines is 2. The number of benzene rings is 2. The Morgan fingerprint density at radius 3 is 2.04 bits per heavy atom. The first-order valence-electron chi connectivity index (χ1n) is 8.58. The minimum Gasteiger partial charge on any atom is -0.493 e. The molecule has 2 aromatic carbocycles. The molecule has 7 heteroatoms. The molecule has 0 bridgehead atoms. The van der Waals surface area contributed by atoms with Crippen LogP contribution in [0.3, 0.4) is 0 Å². The Labute approximate surface area is 157 Å². The molecule has 142 valence electrons. The molecule has 0 heterocycles. The van der Waals surface area contributed by atoms with Crippen molar-refractivity contribution in [2.24, 2.45) is 11.7 Å². The van der Waals surface area contributed by atoms with Gasteiger partial charge in [0.25, 0.3) is 5.91 Å². The van der Waals surface area contributed by atoms with E-state index in [4.69, 9.17) is 10.5 Å². The molecule has 0 aliphatic heterocycles.